The van der Waals surface area contributed by atoms with Crippen molar-refractivity contribution in [1.29, 1.82) is 0 Å². The van der Waals surface area contributed by atoms with Gasteiger partial charge in [0, 0.05) is 18.4 Å². The van der Waals surface area contributed by atoms with E-state index in [0.29, 0.717) is 17.7 Å². The van der Waals surface area contributed by atoms with Gasteiger partial charge in [-0.1, -0.05) is 12.1 Å². The zero-order valence-corrected chi connectivity index (χ0v) is 13.7. The first-order chi connectivity index (χ1) is 10.7. The average Bonchev–Trinajstić information content (AvgIpc) is 2.45. The molecule has 2 rings (SSSR count). The van der Waals surface area contributed by atoms with Gasteiger partial charge in [-0.25, -0.2) is 13.2 Å². The van der Waals surface area contributed by atoms with Crippen LogP contribution in [0.1, 0.15) is 22.8 Å². The monoisotopic (exact) mass is 341 g/mol. The van der Waals surface area contributed by atoms with Gasteiger partial charge in [0.05, 0.1) is 18.4 Å². The summed E-state index contributed by atoms with van der Waals surface area (Å²) in [5.74, 6) is -1.48. The highest BCUT2D eigenvalue weighted by Gasteiger charge is 2.32. The highest BCUT2D eigenvalue weighted by atomic mass is 32.2. The van der Waals surface area contributed by atoms with Gasteiger partial charge in [-0.05, 0) is 24.6 Å². The van der Waals surface area contributed by atoms with E-state index in [4.69, 9.17) is 9.84 Å². The molecule has 1 aromatic carbocycles. The molecule has 1 amide bonds. The predicted molar refractivity (Wildman–Crippen MR) is 82.9 cm³/mol. The van der Waals surface area contributed by atoms with E-state index in [0.717, 1.165) is 6.26 Å². The Hall–Kier alpha value is -1.93. The first kappa shape index (κ1) is 17.4. The van der Waals surface area contributed by atoms with Crippen molar-refractivity contribution in [3.05, 3.63) is 35.4 Å². The first-order valence-electron chi connectivity index (χ1n) is 7.10. The number of nitrogens with zero attached hydrogens (tertiary/aromatic N) is 1. The smallest absolute Gasteiger partial charge is 0.334 e. The van der Waals surface area contributed by atoms with Crippen LogP contribution in [-0.4, -0.2) is 61.9 Å². The SMILES string of the molecule is C[C@@H]1CN(C(=O)c2ccc(CS(C)(=O)=O)cc2)CC(C(=O)O)O1. The second-order valence-corrected chi connectivity index (χ2v) is 7.89. The van der Waals surface area contributed by atoms with Crippen LogP contribution < -0.4 is 0 Å². The van der Waals surface area contributed by atoms with Crippen molar-refractivity contribution in [2.45, 2.75) is 24.9 Å². The van der Waals surface area contributed by atoms with Gasteiger partial charge < -0.3 is 14.7 Å². The van der Waals surface area contributed by atoms with Gasteiger partial charge in [0.1, 0.15) is 0 Å². The van der Waals surface area contributed by atoms with Crippen LogP contribution in [0.4, 0.5) is 0 Å². The number of hydrogen-bond donors (Lipinski definition) is 1. The van der Waals surface area contributed by atoms with Crippen molar-refractivity contribution in [3.8, 4) is 0 Å². The van der Waals surface area contributed by atoms with Crippen LogP contribution in [0.15, 0.2) is 24.3 Å². The molecule has 1 aliphatic rings. The van der Waals surface area contributed by atoms with Crippen LogP contribution in [-0.2, 0) is 25.1 Å². The fourth-order valence-electron chi connectivity index (χ4n) is 2.48. The molecule has 1 aliphatic heterocycles. The zero-order valence-electron chi connectivity index (χ0n) is 12.9. The Kier molecular flexibility index (Phi) is 5.06. The van der Waals surface area contributed by atoms with E-state index in [1.54, 1.807) is 31.2 Å². The Labute approximate surface area is 134 Å². The number of amides is 1. The highest BCUT2D eigenvalue weighted by molar-refractivity contribution is 7.89. The Morgan fingerprint density at radius 1 is 1.26 bits per heavy atom. The molecule has 0 aromatic heterocycles. The van der Waals surface area contributed by atoms with Crippen molar-refractivity contribution in [3.63, 3.8) is 0 Å². The fourth-order valence-corrected chi connectivity index (χ4v) is 3.28. The fraction of sp³-hybridized carbons (Fsp3) is 0.467. The molecular weight excluding hydrogens is 322 g/mol. The number of carboxylic acid groups (broad SMARTS) is 1. The molecule has 1 fully saturated rings. The van der Waals surface area contributed by atoms with E-state index < -0.39 is 21.9 Å². The lowest BCUT2D eigenvalue weighted by atomic mass is 10.1. The van der Waals surface area contributed by atoms with E-state index in [2.05, 4.69) is 0 Å². The number of sulfone groups is 1. The largest absolute Gasteiger partial charge is 0.479 e. The van der Waals surface area contributed by atoms with E-state index >= 15 is 0 Å². The Bertz CT molecular complexity index is 697. The van der Waals surface area contributed by atoms with Crippen LogP contribution in [0.25, 0.3) is 0 Å². The van der Waals surface area contributed by atoms with Gasteiger partial charge in [0.25, 0.3) is 5.91 Å². The summed E-state index contributed by atoms with van der Waals surface area (Å²) in [6.45, 7) is 2.02. The molecule has 0 saturated carbocycles. The summed E-state index contributed by atoms with van der Waals surface area (Å²) in [5, 5.41) is 9.05. The maximum Gasteiger partial charge on any atom is 0.334 e. The Morgan fingerprint density at radius 3 is 2.39 bits per heavy atom. The number of aliphatic carboxylic acids is 1. The van der Waals surface area contributed by atoms with Gasteiger partial charge in [-0.2, -0.15) is 0 Å². The van der Waals surface area contributed by atoms with Crippen LogP contribution >= 0.6 is 0 Å². The highest BCUT2D eigenvalue weighted by Crippen LogP contribution is 2.16. The number of carbonyl (C=O) groups is 2. The number of carboxylic acids is 1. The molecular formula is C15H19NO6S. The second-order valence-electron chi connectivity index (χ2n) is 5.75. The standard InChI is InChI=1S/C15H19NO6S/c1-10-7-16(8-13(22-10)15(18)19)14(17)12-5-3-11(4-6-12)9-23(2,20)21/h3-6,10,13H,7-9H2,1-2H3,(H,18,19)/t10-,13?/m1/s1. The molecule has 1 heterocycles. The minimum Gasteiger partial charge on any atom is -0.479 e. The number of morpholine rings is 1. The predicted octanol–water partition coefficient (Wildman–Crippen LogP) is 0.545. The quantitative estimate of drug-likeness (QED) is 0.858. The summed E-state index contributed by atoms with van der Waals surface area (Å²) in [4.78, 5) is 25.0. The lowest BCUT2D eigenvalue weighted by Gasteiger charge is -2.35. The molecule has 0 spiro atoms. The molecule has 0 aliphatic carbocycles. The van der Waals surface area contributed by atoms with Gasteiger partial charge in [0.2, 0.25) is 0 Å². The third kappa shape index (κ3) is 4.77. The van der Waals surface area contributed by atoms with Crippen LogP contribution in [0.2, 0.25) is 0 Å². The zero-order chi connectivity index (χ0) is 17.2. The van der Waals surface area contributed by atoms with Crippen molar-refractivity contribution < 1.29 is 27.9 Å². The minimum atomic E-state index is -3.13. The summed E-state index contributed by atoms with van der Waals surface area (Å²) in [5.41, 5.74) is 0.989. The molecule has 1 unspecified atom stereocenters. The summed E-state index contributed by atoms with van der Waals surface area (Å²) in [6, 6.07) is 6.29. The second kappa shape index (κ2) is 6.67. The molecule has 1 N–H and O–H groups in total. The number of hydrogen-bond acceptors (Lipinski definition) is 5. The number of ether oxygens (including phenoxy) is 1. The summed E-state index contributed by atoms with van der Waals surface area (Å²) >= 11 is 0. The van der Waals surface area contributed by atoms with Crippen molar-refractivity contribution in [1.82, 2.24) is 4.90 Å². The van der Waals surface area contributed by atoms with Crippen LogP contribution in [0.3, 0.4) is 0 Å². The topological polar surface area (TPSA) is 101 Å². The maximum absolute atomic E-state index is 12.5. The van der Waals surface area contributed by atoms with E-state index in [1.807, 2.05) is 0 Å². The molecule has 0 radical (unpaired) electrons. The summed E-state index contributed by atoms with van der Waals surface area (Å²) in [6.07, 6.45) is -0.252. The molecule has 8 heteroatoms. The molecule has 2 atom stereocenters. The first-order valence-corrected chi connectivity index (χ1v) is 9.16. The Balaban J connectivity index is 2.12. The van der Waals surface area contributed by atoms with Gasteiger partial charge >= 0.3 is 5.97 Å². The van der Waals surface area contributed by atoms with Crippen molar-refractivity contribution >= 4 is 21.7 Å². The van der Waals surface area contributed by atoms with E-state index in [-0.39, 0.29) is 24.3 Å². The molecule has 1 aromatic rings. The van der Waals surface area contributed by atoms with Crippen LogP contribution in [0.5, 0.6) is 0 Å². The number of carbonyl (C=O) groups excluding carboxylic acids is 1. The lowest BCUT2D eigenvalue weighted by molar-refractivity contribution is -0.160. The molecule has 1 saturated heterocycles. The van der Waals surface area contributed by atoms with Crippen molar-refractivity contribution in [2.24, 2.45) is 0 Å². The Morgan fingerprint density at radius 2 is 1.87 bits per heavy atom. The van der Waals surface area contributed by atoms with Crippen molar-refractivity contribution in [2.75, 3.05) is 19.3 Å². The summed E-state index contributed by atoms with van der Waals surface area (Å²) in [7, 11) is -3.13. The maximum atomic E-state index is 12.5. The van der Waals surface area contributed by atoms with Gasteiger partial charge in [-0.3, -0.25) is 4.79 Å². The number of benzene rings is 1. The molecule has 23 heavy (non-hydrogen) atoms. The van der Waals surface area contributed by atoms with Gasteiger partial charge in [-0.15, -0.1) is 0 Å². The minimum absolute atomic E-state index is 0.0103. The van der Waals surface area contributed by atoms with E-state index in [1.165, 1.54) is 4.90 Å². The molecule has 0 bridgehead atoms. The van der Waals surface area contributed by atoms with Crippen LogP contribution in [0, 0.1) is 0 Å². The normalized spacial score (nSPS) is 21.9. The van der Waals surface area contributed by atoms with E-state index in [9.17, 15) is 18.0 Å². The summed E-state index contributed by atoms with van der Waals surface area (Å²) < 4.78 is 27.8. The molecule has 126 valence electrons. The van der Waals surface area contributed by atoms with Gasteiger partial charge in [0.15, 0.2) is 15.9 Å². The number of rotatable bonds is 4. The third-order valence-corrected chi connectivity index (χ3v) is 4.31. The lowest BCUT2D eigenvalue weighted by Crippen LogP contribution is -2.51. The average molecular weight is 341 g/mol. The molecule has 7 nitrogen and oxygen atoms in total. The third-order valence-electron chi connectivity index (χ3n) is 3.45.